The van der Waals surface area contributed by atoms with Gasteiger partial charge in [-0.05, 0) is 25.0 Å². The molecule has 0 fully saturated rings. The number of nitrogens with two attached hydrogens (primary N) is 1. The van der Waals surface area contributed by atoms with Gasteiger partial charge in [-0.1, -0.05) is 37.6 Å². The van der Waals surface area contributed by atoms with Crippen molar-refractivity contribution in [1.82, 2.24) is 5.32 Å². The molecule has 0 aromatic heterocycles. The van der Waals surface area contributed by atoms with Crippen molar-refractivity contribution in [1.29, 1.82) is 0 Å². The van der Waals surface area contributed by atoms with Crippen LogP contribution in [0, 0.1) is 0 Å². The van der Waals surface area contributed by atoms with Crippen LogP contribution in [-0.4, -0.2) is 23.7 Å². The van der Waals surface area contributed by atoms with Crippen molar-refractivity contribution >= 4 is 29.3 Å². The zero-order chi connectivity index (χ0) is 15.0. The van der Waals surface area contributed by atoms with Crippen LogP contribution in [0.3, 0.4) is 0 Å². The Bertz CT molecular complexity index is 427. The van der Waals surface area contributed by atoms with E-state index in [4.69, 9.17) is 17.3 Å². The van der Waals surface area contributed by atoms with Crippen LogP contribution < -0.4 is 11.1 Å². The monoisotopic (exact) mass is 314 g/mol. The topological polar surface area (TPSA) is 55.1 Å². The fraction of sp³-hybridized carbons (Fsp3) is 0.533. The molecule has 3 N–H and O–H groups in total. The second kappa shape index (κ2) is 8.55. The lowest BCUT2D eigenvalue weighted by Crippen LogP contribution is -2.52. The van der Waals surface area contributed by atoms with Crippen LogP contribution >= 0.6 is 23.4 Å². The van der Waals surface area contributed by atoms with Crippen molar-refractivity contribution in [2.75, 3.05) is 12.3 Å². The number of hydrogen-bond acceptors (Lipinski definition) is 3. The van der Waals surface area contributed by atoms with E-state index in [1.54, 1.807) is 11.8 Å². The third kappa shape index (κ3) is 5.00. The number of benzene rings is 1. The maximum atomic E-state index is 12.0. The van der Waals surface area contributed by atoms with Gasteiger partial charge in [0.25, 0.3) is 0 Å². The summed E-state index contributed by atoms with van der Waals surface area (Å²) in [6.45, 7) is 4.58. The average Bonchev–Trinajstić information content (AvgIpc) is 2.47. The van der Waals surface area contributed by atoms with Crippen molar-refractivity contribution < 1.29 is 4.79 Å². The molecule has 1 amide bonds. The molecule has 0 bridgehead atoms. The van der Waals surface area contributed by atoms with Gasteiger partial charge in [0.05, 0.1) is 10.6 Å². The number of amides is 1. The van der Waals surface area contributed by atoms with Crippen LogP contribution in [0.5, 0.6) is 0 Å². The molecular formula is C15H23ClN2OS. The highest BCUT2D eigenvalue weighted by molar-refractivity contribution is 7.99. The summed E-state index contributed by atoms with van der Waals surface area (Å²) < 4.78 is 0. The molecule has 1 rings (SSSR count). The number of halogens is 1. The molecule has 0 aliphatic rings. The van der Waals surface area contributed by atoms with E-state index in [-0.39, 0.29) is 11.4 Å². The summed E-state index contributed by atoms with van der Waals surface area (Å²) in [7, 11) is 0. The fourth-order valence-electron chi connectivity index (χ4n) is 1.94. The molecule has 112 valence electrons. The standard InChI is InChI=1S/C15H23ClN2OS/c1-3-15(4-2,11-17)18-14(19)9-10-20-13-8-6-5-7-12(13)16/h5-8H,3-4,9-11,17H2,1-2H3,(H,18,19). The molecule has 0 unspecified atom stereocenters. The number of nitrogens with one attached hydrogen (secondary N) is 1. The van der Waals surface area contributed by atoms with Crippen LogP contribution in [0.4, 0.5) is 0 Å². The van der Waals surface area contributed by atoms with Gasteiger partial charge < -0.3 is 11.1 Å². The minimum absolute atomic E-state index is 0.0544. The van der Waals surface area contributed by atoms with Gasteiger partial charge in [-0.3, -0.25) is 4.79 Å². The van der Waals surface area contributed by atoms with Crippen LogP contribution in [0.25, 0.3) is 0 Å². The molecule has 20 heavy (non-hydrogen) atoms. The molecule has 0 saturated heterocycles. The van der Waals surface area contributed by atoms with Gasteiger partial charge in [0, 0.05) is 23.6 Å². The normalized spacial score (nSPS) is 11.4. The first-order valence-corrected chi connectivity index (χ1v) is 8.31. The lowest BCUT2D eigenvalue weighted by molar-refractivity contribution is -0.122. The molecule has 0 radical (unpaired) electrons. The maximum Gasteiger partial charge on any atom is 0.221 e. The van der Waals surface area contributed by atoms with E-state index < -0.39 is 0 Å². The van der Waals surface area contributed by atoms with Crippen LogP contribution in [-0.2, 0) is 4.79 Å². The molecule has 0 aliphatic heterocycles. The molecule has 0 aliphatic carbocycles. The summed E-state index contributed by atoms with van der Waals surface area (Å²) in [4.78, 5) is 13.0. The summed E-state index contributed by atoms with van der Waals surface area (Å²) in [5.74, 6) is 0.766. The van der Waals surface area contributed by atoms with Gasteiger partial charge in [-0.15, -0.1) is 11.8 Å². The summed E-state index contributed by atoms with van der Waals surface area (Å²) >= 11 is 7.68. The molecule has 0 saturated carbocycles. The van der Waals surface area contributed by atoms with Crippen molar-refractivity contribution in [3.05, 3.63) is 29.3 Å². The van der Waals surface area contributed by atoms with Crippen LogP contribution in [0.15, 0.2) is 29.2 Å². The number of hydrogen-bond donors (Lipinski definition) is 2. The van der Waals surface area contributed by atoms with Gasteiger partial charge >= 0.3 is 0 Å². The van der Waals surface area contributed by atoms with Gasteiger partial charge in [-0.25, -0.2) is 0 Å². The van der Waals surface area contributed by atoms with Crippen LogP contribution in [0.2, 0.25) is 5.02 Å². The predicted molar refractivity (Wildman–Crippen MR) is 87.3 cm³/mol. The molecule has 1 aromatic rings. The lowest BCUT2D eigenvalue weighted by atomic mass is 9.93. The predicted octanol–water partition coefficient (Wildman–Crippen LogP) is 3.46. The highest BCUT2D eigenvalue weighted by Crippen LogP contribution is 2.27. The molecule has 1 aromatic carbocycles. The largest absolute Gasteiger partial charge is 0.349 e. The summed E-state index contributed by atoms with van der Waals surface area (Å²) in [6.07, 6.45) is 2.17. The minimum atomic E-state index is -0.258. The fourth-order valence-corrected chi connectivity index (χ4v) is 3.13. The highest BCUT2D eigenvalue weighted by Gasteiger charge is 2.25. The Hall–Kier alpha value is -0.710. The van der Waals surface area contributed by atoms with Crippen molar-refractivity contribution in [3.8, 4) is 0 Å². The minimum Gasteiger partial charge on any atom is -0.349 e. The Labute approximate surface area is 130 Å². The van der Waals surface area contributed by atoms with E-state index in [1.807, 2.05) is 24.3 Å². The summed E-state index contributed by atoms with van der Waals surface area (Å²) in [6, 6.07) is 7.67. The third-order valence-corrected chi connectivity index (χ3v) is 5.09. The Kier molecular flexibility index (Phi) is 7.41. The SMILES string of the molecule is CCC(CC)(CN)NC(=O)CCSc1ccccc1Cl. The quantitative estimate of drug-likeness (QED) is 0.723. The molecule has 0 spiro atoms. The van der Waals surface area contributed by atoms with Crippen molar-refractivity contribution in [3.63, 3.8) is 0 Å². The van der Waals surface area contributed by atoms with E-state index in [2.05, 4.69) is 19.2 Å². The second-order valence-corrected chi connectivity index (χ2v) is 6.31. The van der Waals surface area contributed by atoms with E-state index in [0.29, 0.717) is 18.7 Å². The first kappa shape index (κ1) is 17.3. The van der Waals surface area contributed by atoms with Crippen molar-refractivity contribution in [2.24, 2.45) is 5.73 Å². The van der Waals surface area contributed by atoms with E-state index in [0.717, 1.165) is 22.8 Å². The molecule has 3 nitrogen and oxygen atoms in total. The molecule has 5 heteroatoms. The Morgan fingerprint density at radius 1 is 1.35 bits per heavy atom. The maximum absolute atomic E-state index is 12.0. The smallest absolute Gasteiger partial charge is 0.221 e. The Morgan fingerprint density at radius 3 is 2.55 bits per heavy atom. The molecule has 0 heterocycles. The van der Waals surface area contributed by atoms with Gasteiger partial charge in [0.1, 0.15) is 0 Å². The Morgan fingerprint density at radius 2 is 2.00 bits per heavy atom. The van der Waals surface area contributed by atoms with Gasteiger partial charge in [-0.2, -0.15) is 0 Å². The van der Waals surface area contributed by atoms with E-state index in [1.165, 1.54) is 0 Å². The zero-order valence-corrected chi connectivity index (χ0v) is 13.7. The highest BCUT2D eigenvalue weighted by atomic mass is 35.5. The number of rotatable bonds is 8. The van der Waals surface area contributed by atoms with Crippen LogP contribution in [0.1, 0.15) is 33.1 Å². The van der Waals surface area contributed by atoms with Crippen molar-refractivity contribution in [2.45, 2.75) is 43.5 Å². The first-order valence-electron chi connectivity index (χ1n) is 6.95. The summed E-state index contributed by atoms with van der Waals surface area (Å²) in [5.41, 5.74) is 5.52. The van der Waals surface area contributed by atoms with E-state index >= 15 is 0 Å². The zero-order valence-electron chi connectivity index (χ0n) is 12.1. The number of carbonyl (C=O) groups excluding carboxylic acids is 1. The van der Waals surface area contributed by atoms with Gasteiger partial charge in [0.15, 0.2) is 0 Å². The Balaban J connectivity index is 2.42. The first-order chi connectivity index (χ1) is 9.56. The van der Waals surface area contributed by atoms with Gasteiger partial charge in [0.2, 0.25) is 5.91 Å². The third-order valence-electron chi connectivity index (χ3n) is 3.57. The molecule has 0 atom stereocenters. The second-order valence-electron chi connectivity index (χ2n) is 4.77. The lowest BCUT2D eigenvalue weighted by Gasteiger charge is -2.31. The summed E-state index contributed by atoms with van der Waals surface area (Å²) in [5, 5.41) is 3.80. The number of carbonyl (C=O) groups is 1. The molecular weight excluding hydrogens is 292 g/mol. The number of thioether (sulfide) groups is 1. The average molecular weight is 315 g/mol. The van der Waals surface area contributed by atoms with E-state index in [9.17, 15) is 4.79 Å².